The predicted octanol–water partition coefficient (Wildman–Crippen LogP) is 3.15. The van der Waals surface area contributed by atoms with Gasteiger partial charge in [0.2, 0.25) is 5.95 Å². The molecule has 0 saturated carbocycles. The Morgan fingerprint density at radius 3 is 2.60 bits per heavy atom. The van der Waals surface area contributed by atoms with Crippen molar-refractivity contribution in [3.8, 4) is 0 Å². The Balaban J connectivity index is 1.30. The second-order valence-corrected chi connectivity index (χ2v) is 7.26. The van der Waals surface area contributed by atoms with Crippen molar-refractivity contribution in [2.75, 3.05) is 31.1 Å². The van der Waals surface area contributed by atoms with Crippen molar-refractivity contribution in [3.63, 3.8) is 0 Å². The van der Waals surface area contributed by atoms with Crippen LogP contribution in [0.5, 0.6) is 0 Å². The second kappa shape index (κ2) is 7.48. The van der Waals surface area contributed by atoms with Crippen LogP contribution >= 0.6 is 0 Å². The molecule has 2 aromatic rings. The van der Waals surface area contributed by atoms with Crippen molar-refractivity contribution in [2.45, 2.75) is 31.7 Å². The van der Waals surface area contributed by atoms with Crippen LogP contribution in [-0.4, -0.2) is 47.1 Å². The lowest BCUT2D eigenvalue weighted by Gasteiger charge is -2.46. The number of aryl methyl sites for hydroxylation is 1. The van der Waals surface area contributed by atoms with Gasteiger partial charge in [-0.25, -0.2) is 14.4 Å². The summed E-state index contributed by atoms with van der Waals surface area (Å²) in [4.78, 5) is 13.1. The van der Waals surface area contributed by atoms with Gasteiger partial charge in [-0.1, -0.05) is 30.3 Å². The van der Waals surface area contributed by atoms with E-state index in [0.29, 0.717) is 12.0 Å². The van der Waals surface area contributed by atoms with Gasteiger partial charge in [-0.15, -0.1) is 0 Å². The zero-order valence-electron chi connectivity index (χ0n) is 14.5. The number of nitrogens with zero attached hydrogens (tertiary/aromatic N) is 4. The Labute approximate surface area is 148 Å². The highest BCUT2D eigenvalue weighted by atomic mass is 19.1. The van der Waals surface area contributed by atoms with E-state index in [1.807, 2.05) is 0 Å². The van der Waals surface area contributed by atoms with Gasteiger partial charge in [0, 0.05) is 32.2 Å². The van der Waals surface area contributed by atoms with Crippen molar-refractivity contribution in [3.05, 3.63) is 54.1 Å². The average Bonchev–Trinajstić information content (AvgIpc) is 2.67. The van der Waals surface area contributed by atoms with E-state index in [9.17, 15) is 4.39 Å². The quantitative estimate of drug-likeness (QED) is 0.856. The largest absolute Gasteiger partial charge is 0.338 e. The maximum atomic E-state index is 13.0. The molecule has 2 aliphatic heterocycles. The lowest BCUT2D eigenvalue weighted by atomic mass is 9.87. The minimum Gasteiger partial charge on any atom is -0.338 e. The third kappa shape index (κ3) is 3.98. The van der Waals surface area contributed by atoms with E-state index in [1.165, 1.54) is 50.2 Å². The van der Waals surface area contributed by atoms with E-state index in [2.05, 4.69) is 50.1 Å². The first-order valence-electron chi connectivity index (χ1n) is 9.28. The van der Waals surface area contributed by atoms with Crippen LogP contribution in [0.4, 0.5) is 10.3 Å². The van der Waals surface area contributed by atoms with Crippen LogP contribution in [0.1, 0.15) is 24.8 Å². The standard InChI is InChI=1S/C20H25FN4/c21-18-12-22-20(23-13-18)25-11-10-24-14-17(8-9-19(24)15-25)7-6-16-4-2-1-3-5-16/h1-5,12-13,17,19H,6-11,14-15H2/t17?,19-/m0/s1. The lowest BCUT2D eigenvalue weighted by molar-refractivity contribution is 0.0919. The molecule has 0 bridgehead atoms. The minimum atomic E-state index is -0.374. The number of halogens is 1. The van der Waals surface area contributed by atoms with Crippen LogP contribution in [-0.2, 0) is 6.42 Å². The SMILES string of the molecule is Fc1cnc(N2CCN3CC(CCc4ccccc4)CC[C@H]3C2)nc1. The van der Waals surface area contributed by atoms with Gasteiger partial charge in [0.15, 0.2) is 5.82 Å². The molecule has 0 amide bonds. The van der Waals surface area contributed by atoms with Crippen molar-refractivity contribution < 1.29 is 4.39 Å². The molecule has 132 valence electrons. The summed E-state index contributed by atoms with van der Waals surface area (Å²) >= 11 is 0. The Hall–Kier alpha value is -2.01. The third-order valence-electron chi connectivity index (χ3n) is 5.58. The summed E-state index contributed by atoms with van der Waals surface area (Å²) in [6, 6.07) is 11.4. The number of hydrogen-bond donors (Lipinski definition) is 0. The Morgan fingerprint density at radius 2 is 1.80 bits per heavy atom. The molecule has 0 N–H and O–H groups in total. The van der Waals surface area contributed by atoms with Crippen molar-refractivity contribution in [1.29, 1.82) is 0 Å². The Bertz CT molecular complexity index is 676. The summed E-state index contributed by atoms with van der Waals surface area (Å²) < 4.78 is 13.0. The van der Waals surface area contributed by atoms with Crippen LogP contribution in [0.3, 0.4) is 0 Å². The normalized spacial score (nSPS) is 24.1. The molecule has 2 fully saturated rings. The van der Waals surface area contributed by atoms with E-state index < -0.39 is 0 Å². The number of benzene rings is 1. The van der Waals surface area contributed by atoms with Gasteiger partial charge in [-0.05, 0) is 37.2 Å². The summed E-state index contributed by atoms with van der Waals surface area (Å²) in [7, 11) is 0. The zero-order chi connectivity index (χ0) is 17.1. The molecular weight excluding hydrogens is 315 g/mol. The van der Waals surface area contributed by atoms with Crippen LogP contribution in [0, 0.1) is 11.7 Å². The van der Waals surface area contributed by atoms with Crippen molar-refractivity contribution >= 4 is 5.95 Å². The highest BCUT2D eigenvalue weighted by Gasteiger charge is 2.33. The summed E-state index contributed by atoms with van der Waals surface area (Å²) in [5.74, 6) is 1.08. The van der Waals surface area contributed by atoms with Gasteiger partial charge in [-0.3, -0.25) is 4.90 Å². The van der Waals surface area contributed by atoms with E-state index >= 15 is 0 Å². The number of piperidine rings is 1. The number of rotatable bonds is 4. The minimum absolute atomic E-state index is 0.374. The first-order valence-corrected chi connectivity index (χ1v) is 9.28. The van der Waals surface area contributed by atoms with Crippen LogP contribution < -0.4 is 4.90 Å². The number of fused-ring (bicyclic) bond motifs is 1. The molecule has 4 rings (SSSR count). The monoisotopic (exact) mass is 340 g/mol. The molecule has 2 atom stereocenters. The van der Waals surface area contributed by atoms with E-state index in [0.717, 1.165) is 25.6 Å². The number of anilines is 1. The van der Waals surface area contributed by atoms with Gasteiger partial charge in [0.1, 0.15) is 0 Å². The fraction of sp³-hybridized carbons (Fsp3) is 0.500. The highest BCUT2D eigenvalue weighted by molar-refractivity contribution is 5.30. The van der Waals surface area contributed by atoms with Crippen molar-refractivity contribution in [2.24, 2.45) is 5.92 Å². The van der Waals surface area contributed by atoms with Crippen LogP contribution in [0.2, 0.25) is 0 Å². The molecule has 25 heavy (non-hydrogen) atoms. The third-order valence-corrected chi connectivity index (χ3v) is 5.58. The van der Waals surface area contributed by atoms with Crippen molar-refractivity contribution in [1.82, 2.24) is 14.9 Å². The molecular formula is C20H25FN4. The maximum absolute atomic E-state index is 13.0. The average molecular weight is 340 g/mol. The zero-order valence-corrected chi connectivity index (χ0v) is 14.5. The number of hydrogen-bond acceptors (Lipinski definition) is 4. The molecule has 1 unspecified atom stereocenters. The molecule has 0 radical (unpaired) electrons. The smallest absolute Gasteiger partial charge is 0.225 e. The van der Waals surface area contributed by atoms with E-state index in [4.69, 9.17) is 0 Å². The molecule has 1 aromatic carbocycles. The molecule has 2 aliphatic rings. The second-order valence-electron chi connectivity index (χ2n) is 7.26. The molecule has 1 aromatic heterocycles. The van der Waals surface area contributed by atoms with Crippen LogP contribution in [0.25, 0.3) is 0 Å². The van der Waals surface area contributed by atoms with Gasteiger partial charge in [-0.2, -0.15) is 0 Å². The lowest BCUT2D eigenvalue weighted by Crippen LogP contribution is -2.56. The fourth-order valence-electron chi connectivity index (χ4n) is 4.16. The Morgan fingerprint density at radius 1 is 1.00 bits per heavy atom. The van der Waals surface area contributed by atoms with E-state index in [-0.39, 0.29) is 5.82 Å². The van der Waals surface area contributed by atoms with Gasteiger partial charge < -0.3 is 4.90 Å². The Kier molecular flexibility index (Phi) is 4.92. The first-order chi connectivity index (χ1) is 12.3. The summed E-state index contributed by atoms with van der Waals surface area (Å²) in [5, 5.41) is 0. The summed E-state index contributed by atoms with van der Waals surface area (Å²) in [6.45, 7) is 4.13. The van der Waals surface area contributed by atoms with Gasteiger partial charge in [0.05, 0.1) is 12.4 Å². The molecule has 0 aliphatic carbocycles. The fourth-order valence-corrected chi connectivity index (χ4v) is 4.16. The molecule has 0 spiro atoms. The predicted molar refractivity (Wildman–Crippen MR) is 97.1 cm³/mol. The molecule has 5 heteroatoms. The first kappa shape index (κ1) is 16.5. The number of piperazine rings is 1. The van der Waals surface area contributed by atoms with Crippen LogP contribution in [0.15, 0.2) is 42.7 Å². The number of aromatic nitrogens is 2. The topological polar surface area (TPSA) is 32.3 Å². The maximum Gasteiger partial charge on any atom is 0.225 e. The van der Waals surface area contributed by atoms with E-state index in [1.54, 1.807) is 0 Å². The van der Waals surface area contributed by atoms with Gasteiger partial charge in [0.25, 0.3) is 0 Å². The summed E-state index contributed by atoms with van der Waals surface area (Å²) in [6.07, 6.45) is 7.51. The van der Waals surface area contributed by atoms with Gasteiger partial charge >= 0.3 is 0 Å². The molecule has 2 saturated heterocycles. The molecule has 4 nitrogen and oxygen atoms in total. The highest BCUT2D eigenvalue weighted by Crippen LogP contribution is 2.28. The molecule has 3 heterocycles. The summed E-state index contributed by atoms with van der Waals surface area (Å²) in [5.41, 5.74) is 1.45.